The number of ether oxygens (including phenoxy) is 6. The lowest BCUT2D eigenvalue weighted by molar-refractivity contribution is 0.00624. The van der Waals surface area contributed by atoms with Crippen LogP contribution in [0.15, 0.2) is 107 Å². The van der Waals surface area contributed by atoms with Gasteiger partial charge in [-0.3, -0.25) is 19.8 Å². The van der Waals surface area contributed by atoms with Gasteiger partial charge < -0.3 is 28.4 Å². The second-order valence-electron chi connectivity index (χ2n) is 12.4. The van der Waals surface area contributed by atoms with Gasteiger partial charge in [0.1, 0.15) is 11.5 Å². The molecule has 0 atom stereocenters. The quantitative estimate of drug-likeness (QED) is 0.171. The van der Waals surface area contributed by atoms with E-state index in [1.807, 2.05) is 61.0 Å². The van der Waals surface area contributed by atoms with Gasteiger partial charge >= 0.3 is 0 Å². The SMILES string of the molecule is COc1ccc(N=Cc2ccc(CN3CCOCCOCCN(Cc4ccc(C=Nc5ccc(OC)cc5)cc4)CCOCCOCC3)cc2)cc1. The van der Waals surface area contributed by atoms with Gasteiger partial charge in [0.05, 0.1) is 78.4 Å². The van der Waals surface area contributed by atoms with Crippen molar-refractivity contribution in [2.75, 3.05) is 93.3 Å². The average molecular weight is 709 g/mol. The molecule has 276 valence electrons. The zero-order chi connectivity index (χ0) is 36.1. The van der Waals surface area contributed by atoms with Gasteiger partial charge in [-0.2, -0.15) is 0 Å². The Morgan fingerprint density at radius 3 is 1.10 bits per heavy atom. The molecule has 0 saturated carbocycles. The molecule has 0 unspecified atom stereocenters. The van der Waals surface area contributed by atoms with Crippen molar-refractivity contribution in [2.24, 2.45) is 9.98 Å². The predicted molar refractivity (Wildman–Crippen MR) is 207 cm³/mol. The van der Waals surface area contributed by atoms with Crippen molar-refractivity contribution in [2.45, 2.75) is 13.1 Å². The molecule has 0 amide bonds. The maximum atomic E-state index is 5.96. The zero-order valence-electron chi connectivity index (χ0n) is 30.5. The first kappa shape index (κ1) is 38.8. The molecule has 0 aromatic heterocycles. The molecule has 1 aliphatic rings. The molecule has 1 heterocycles. The van der Waals surface area contributed by atoms with Gasteiger partial charge in [-0.15, -0.1) is 0 Å². The van der Waals surface area contributed by atoms with Crippen LogP contribution >= 0.6 is 0 Å². The molecular weight excluding hydrogens is 656 g/mol. The summed E-state index contributed by atoms with van der Waals surface area (Å²) in [5, 5.41) is 0. The number of hydrogen-bond acceptors (Lipinski definition) is 10. The lowest BCUT2D eigenvalue weighted by Gasteiger charge is -2.24. The number of benzene rings is 4. The van der Waals surface area contributed by atoms with E-state index in [0.29, 0.717) is 52.9 Å². The molecule has 4 aromatic carbocycles. The maximum Gasteiger partial charge on any atom is 0.119 e. The van der Waals surface area contributed by atoms with Crippen LogP contribution in [-0.2, 0) is 32.0 Å². The molecule has 1 fully saturated rings. The Morgan fingerprint density at radius 2 is 0.788 bits per heavy atom. The first-order valence-corrected chi connectivity index (χ1v) is 18.0. The van der Waals surface area contributed by atoms with Crippen LogP contribution in [0, 0.1) is 0 Å². The summed E-state index contributed by atoms with van der Waals surface area (Å²) in [5.74, 6) is 1.64. The van der Waals surface area contributed by atoms with E-state index < -0.39 is 0 Å². The maximum absolute atomic E-state index is 5.96. The number of rotatable bonds is 10. The third-order valence-corrected chi connectivity index (χ3v) is 8.59. The molecule has 0 bridgehead atoms. The van der Waals surface area contributed by atoms with Crippen LogP contribution in [0.1, 0.15) is 22.3 Å². The van der Waals surface area contributed by atoms with E-state index in [2.05, 4.69) is 68.3 Å². The second kappa shape index (κ2) is 22.5. The number of nitrogens with zero attached hydrogens (tertiary/aromatic N) is 4. The number of hydrogen-bond donors (Lipinski definition) is 0. The number of methoxy groups -OCH3 is 2. The van der Waals surface area contributed by atoms with Gasteiger partial charge in [-0.1, -0.05) is 48.5 Å². The van der Waals surface area contributed by atoms with E-state index in [1.54, 1.807) is 14.2 Å². The Bertz CT molecular complexity index is 1470. The van der Waals surface area contributed by atoms with Crippen LogP contribution in [0.2, 0.25) is 0 Å². The number of aliphatic imine (C=N–C) groups is 2. The first-order chi connectivity index (χ1) is 25.7. The molecule has 10 nitrogen and oxygen atoms in total. The molecule has 52 heavy (non-hydrogen) atoms. The second-order valence-corrected chi connectivity index (χ2v) is 12.4. The van der Waals surface area contributed by atoms with Gasteiger partial charge in [0, 0.05) is 51.7 Å². The van der Waals surface area contributed by atoms with Crippen molar-refractivity contribution in [1.29, 1.82) is 0 Å². The lowest BCUT2D eigenvalue weighted by atomic mass is 10.1. The molecule has 0 N–H and O–H groups in total. The molecule has 1 aliphatic heterocycles. The van der Waals surface area contributed by atoms with Gasteiger partial charge in [0.2, 0.25) is 0 Å². The molecule has 0 spiro atoms. The Morgan fingerprint density at radius 1 is 0.462 bits per heavy atom. The molecule has 10 heteroatoms. The van der Waals surface area contributed by atoms with Crippen molar-refractivity contribution >= 4 is 23.8 Å². The fraction of sp³-hybridized carbons (Fsp3) is 0.381. The van der Waals surface area contributed by atoms with Crippen LogP contribution in [0.5, 0.6) is 11.5 Å². The van der Waals surface area contributed by atoms with E-state index in [-0.39, 0.29) is 0 Å². The normalized spacial score (nSPS) is 16.8. The fourth-order valence-electron chi connectivity index (χ4n) is 5.53. The largest absolute Gasteiger partial charge is 0.497 e. The average Bonchev–Trinajstić information content (AvgIpc) is 3.19. The summed E-state index contributed by atoms with van der Waals surface area (Å²) in [6.45, 7) is 9.63. The van der Waals surface area contributed by atoms with Crippen LogP contribution in [0.4, 0.5) is 11.4 Å². The van der Waals surface area contributed by atoms with Crippen LogP contribution in [0.25, 0.3) is 0 Å². The molecule has 5 rings (SSSR count). The molecule has 0 aliphatic carbocycles. The zero-order valence-corrected chi connectivity index (χ0v) is 30.5. The Kier molecular flexibility index (Phi) is 16.8. The monoisotopic (exact) mass is 708 g/mol. The van der Waals surface area contributed by atoms with E-state index in [0.717, 1.165) is 73.3 Å². The van der Waals surface area contributed by atoms with Gasteiger partial charge in [-0.05, 0) is 70.8 Å². The van der Waals surface area contributed by atoms with Gasteiger partial charge in [0.25, 0.3) is 0 Å². The van der Waals surface area contributed by atoms with Gasteiger partial charge in [0.15, 0.2) is 0 Å². The summed E-state index contributed by atoms with van der Waals surface area (Å²) >= 11 is 0. The van der Waals surface area contributed by atoms with Crippen molar-refractivity contribution < 1.29 is 28.4 Å². The van der Waals surface area contributed by atoms with Gasteiger partial charge in [-0.25, -0.2) is 0 Å². The third-order valence-electron chi connectivity index (χ3n) is 8.59. The Labute approximate surface area is 308 Å². The van der Waals surface area contributed by atoms with E-state index in [4.69, 9.17) is 28.4 Å². The highest BCUT2D eigenvalue weighted by atomic mass is 16.5. The smallest absolute Gasteiger partial charge is 0.119 e. The van der Waals surface area contributed by atoms with Crippen molar-refractivity contribution in [3.8, 4) is 11.5 Å². The summed E-state index contributed by atoms with van der Waals surface area (Å²) in [5.41, 5.74) is 6.34. The van der Waals surface area contributed by atoms with Crippen LogP contribution in [-0.4, -0.2) is 115 Å². The highest BCUT2D eigenvalue weighted by Crippen LogP contribution is 2.19. The standard InChI is InChI=1S/C42H52N4O6/c1-47-41-15-11-39(12-16-41)43-31-35-3-7-37(8-4-35)33-45-19-23-49-27-29-51-25-21-46(22-26-52-30-28-50-24-20-45)34-38-9-5-36(6-10-38)32-44-40-13-17-42(48-2)18-14-40/h3-18,31-32H,19-30,33-34H2,1-2H3. The minimum absolute atomic E-state index is 0.565. The van der Waals surface area contributed by atoms with Crippen molar-refractivity contribution in [3.05, 3.63) is 119 Å². The van der Waals surface area contributed by atoms with E-state index >= 15 is 0 Å². The molecule has 0 radical (unpaired) electrons. The molecule has 4 aromatic rings. The fourth-order valence-corrected chi connectivity index (χ4v) is 5.53. The lowest BCUT2D eigenvalue weighted by Crippen LogP contribution is -2.32. The third kappa shape index (κ3) is 14.3. The summed E-state index contributed by atoms with van der Waals surface area (Å²) in [7, 11) is 3.32. The molecular formula is C42H52N4O6. The Balaban J connectivity index is 1.04. The van der Waals surface area contributed by atoms with Crippen LogP contribution in [0.3, 0.4) is 0 Å². The Hall–Kier alpha value is -4.42. The minimum Gasteiger partial charge on any atom is -0.497 e. The summed E-state index contributed by atoms with van der Waals surface area (Å²) in [6.07, 6.45) is 3.76. The predicted octanol–water partition coefficient (Wildman–Crippen LogP) is 6.59. The van der Waals surface area contributed by atoms with Crippen molar-refractivity contribution in [1.82, 2.24) is 9.80 Å². The first-order valence-electron chi connectivity index (χ1n) is 18.0. The topological polar surface area (TPSA) is 86.6 Å². The summed E-state index contributed by atoms with van der Waals surface area (Å²) < 4.78 is 34.3. The molecule has 1 saturated heterocycles. The summed E-state index contributed by atoms with van der Waals surface area (Å²) in [6, 6.07) is 32.4. The highest BCUT2D eigenvalue weighted by molar-refractivity contribution is 5.82. The van der Waals surface area contributed by atoms with E-state index in [9.17, 15) is 0 Å². The van der Waals surface area contributed by atoms with Crippen LogP contribution < -0.4 is 9.47 Å². The van der Waals surface area contributed by atoms with Crippen molar-refractivity contribution in [3.63, 3.8) is 0 Å². The van der Waals surface area contributed by atoms with E-state index in [1.165, 1.54) is 11.1 Å². The highest BCUT2D eigenvalue weighted by Gasteiger charge is 2.10. The minimum atomic E-state index is 0.565. The summed E-state index contributed by atoms with van der Waals surface area (Å²) in [4.78, 5) is 13.9.